The first-order chi connectivity index (χ1) is 6.77. The van der Waals surface area contributed by atoms with Crippen LogP contribution >= 0.6 is 11.3 Å². The topological polar surface area (TPSA) is 29.1 Å². The summed E-state index contributed by atoms with van der Waals surface area (Å²) in [4.78, 5) is 12.5. The van der Waals surface area contributed by atoms with Crippen molar-refractivity contribution >= 4 is 17.2 Å². The molecule has 0 aromatic carbocycles. The van der Waals surface area contributed by atoms with E-state index in [1.807, 2.05) is 18.4 Å². The summed E-state index contributed by atoms with van der Waals surface area (Å²) in [5.74, 6) is 0.837. The van der Waals surface area contributed by atoms with Crippen molar-refractivity contribution in [3.8, 4) is 0 Å². The molecule has 0 spiro atoms. The molecule has 76 valence electrons. The van der Waals surface area contributed by atoms with Gasteiger partial charge in [-0.1, -0.05) is 6.42 Å². The monoisotopic (exact) mass is 209 g/mol. The Morgan fingerprint density at radius 2 is 2.43 bits per heavy atom. The van der Waals surface area contributed by atoms with Crippen LogP contribution in [0.1, 0.15) is 34.5 Å². The van der Waals surface area contributed by atoms with Gasteiger partial charge < -0.3 is 5.32 Å². The predicted molar refractivity (Wildman–Crippen MR) is 58.7 cm³/mol. The molecular formula is C11H15NOS. The van der Waals surface area contributed by atoms with Crippen LogP contribution in [0, 0.1) is 12.8 Å². The summed E-state index contributed by atoms with van der Waals surface area (Å²) in [6.07, 6.45) is 3.89. The van der Waals surface area contributed by atoms with Crippen LogP contribution in [-0.4, -0.2) is 12.5 Å². The van der Waals surface area contributed by atoms with E-state index in [2.05, 4.69) is 5.32 Å². The molecule has 1 N–H and O–H groups in total. The Morgan fingerprint density at radius 1 is 1.64 bits per heavy atom. The SMILES string of the molecule is Cc1ccsc1C(=O)NCC1CCC1. The molecule has 2 nitrogen and oxygen atoms in total. The fourth-order valence-corrected chi connectivity index (χ4v) is 2.46. The minimum atomic E-state index is 0.101. The molecule has 3 heteroatoms. The summed E-state index contributed by atoms with van der Waals surface area (Å²) in [5, 5.41) is 4.97. The lowest BCUT2D eigenvalue weighted by Crippen LogP contribution is -2.31. The summed E-state index contributed by atoms with van der Waals surface area (Å²) in [6.45, 7) is 2.84. The van der Waals surface area contributed by atoms with Gasteiger partial charge in [-0.3, -0.25) is 4.79 Å². The molecule has 0 atom stereocenters. The van der Waals surface area contributed by atoms with Crippen LogP contribution in [0.25, 0.3) is 0 Å². The zero-order valence-corrected chi connectivity index (χ0v) is 9.19. The predicted octanol–water partition coefficient (Wildman–Crippen LogP) is 2.59. The van der Waals surface area contributed by atoms with Gasteiger partial charge in [-0.05, 0) is 42.7 Å². The Bertz CT molecular complexity index is 328. The van der Waals surface area contributed by atoms with Gasteiger partial charge in [0.1, 0.15) is 0 Å². The summed E-state index contributed by atoms with van der Waals surface area (Å²) in [7, 11) is 0. The summed E-state index contributed by atoms with van der Waals surface area (Å²) in [5.41, 5.74) is 1.08. The fourth-order valence-electron chi connectivity index (χ4n) is 1.62. The quantitative estimate of drug-likeness (QED) is 0.814. The number of amides is 1. The smallest absolute Gasteiger partial charge is 0.261 e. The van der Waals surface area contributed by atoms with E-state index in [-0.39, 0.29) is 5.91 Å². The summed E-state index contributed by atoms with van der Waals surface area (Å²) in [6, 6.07) is 1.99. The largest absolute Gasteiger partial charge is 0.351 e. The van der Waals surface area contributed by atoms with Crippen LogP contribution in [0.4, 0.5) is 0 Å². The van der Waals surface area contributed by atoms with Crippen molar-refractivity contribution in [3.63, 3.8) is 0 Å². The zero-order chi connectivity index (χ0) is 9.97. The molecule has 1 saturated carbocycles. The van der Waals surface area contributed by atoms with Crippen molar-refractivity contribution in [2.45, 2.75) is 26.2 Å². The number of rotatable bonds is 3. The second kappa shape index (κ2) is 4.13. The first-order valence-corrected chi connectivity index (χ1v) is 5.97. The molecule has 1 aliphatic rings. The average Bonchev–Trinajstić information content (AvgIpc) is 2.48. The maximum Gasteiger partial charge on any atom is 0.261 e. The summed E-state index contributed by atoms with van der Waals surface area (Å²) < 4.78 is 0. The molecule has 14 heavy (non-hydrogen) atoms. The third kappa shape index (κ3) is 1.98. The Hall–Kier alpha value is -0.830. The van der Waals surface area contributed by atoms with E-state index in [0.29, 0.717) is 0 Å². The van der Waals surface area contributed by atoms with Crippen molar-refractivity contribution in [2.75, 3.05) is 6.54 Å². The second-order valence-electron chi connectivity index (χ2n) is 3.94. The van der Waals surface area contributed by atoms with Gasteiger partial charge in [-0.15, -0.1) is 11.3 Å². The number of carbonyl (C=O) groups excluding carboxylic acids is 1. The molecular weight excluding hydrogens is 194 g/mol. The lowest BCUT2D eigenvalue weighted by Gasteiger charge is -2.25. The lowest BCUT2D eigenvalue weighted by atomic mass is 9.85. The number of carbonyl (C=O) groups is 1. The minimum absolute atomic E-state index is 0.101. The molecule has 1 fully saturated rings. The van der Waals surface area contributed by atoms with E-state index >= 15 is 0 Å². The molecule has 0 aliphatic heterocycles. The van der Waals surface area contributed by atoms with E-state index in [9.17, 15) is 4.79 Å². The van der Waals surface area contributed by atoms with Crippen LogP contribution in [0.2, 0.25) is 0 Å². The van der Waals surface area contributed by atoms with E-state index in [4.69, 9.17) is 0 Å². The molecule has 1 heterocycles. The zero-order valence-electron chi connectivity index (χ0n) is 8.38. The van der Waals surface area contributed by atoms with E-state index in [1.165, 1.54) is 30.6 Å². The lowest BCUT2D eigenvalue weighted by molar-refractivity contribution is 0.0942. The Kier molecular flexibility index (Phi) is 2.87. The van der Waals surface area contributed by atoms with Crippen molar-refractivity contribution < 1.29 is 4.79 Å². The molecule has 0 bridgehead atoms. The van der Waals surface area contributed by atoms with Gasteiger partial charge in [0.25, 0.3) is 5.91 Å². The van der Waals surface area contributed by atoms with Crippen molar-refractivity contribution in [3.05, 3.63) is 21.9 Å². The Labute approximate surface area is 88.3 Å². The fraction of sp³-hybridized carbons (Fsp3) is 0.545. The number of hydrogen-bond acceptors (Lipinski definition) is 2. The Balaban J connectivity index is 1.86. The number of thiophene rings is 1. The van der Waals surface area contributed by atoms with Gasteiger partial charge in [0, 0.05) is 6.54 Å². The number of hydrogen-bond donors (Lipinski definition) is 1. The first-order valence-electron chi connectivity index (χ1n) is 5.09. The maximum atomic E-state index is 11.7. The van der Waals surface area contributed by atoms with Gasteiger partial charge in [-0.2, -0.15) is 0 Å². The van der Waals surface area contributed by atoms with Gasteiger partial charge >= 0.3 is 0 Å². The van der Waals surface area contributed by atoms with Crippen LogP contribution < -0.4 is 5.32 Å². The molecule has 0 radical (unpaired) electrons. The van der Waals surface area contributed by atoms with Crippen LogP contribution in [0.5, 0.6) is 0 Å². The third-order valence-electron chi connectivity index (χ3n) is 2.84. The van der Waals surface area contributed by atoms with Gasteiger partial charge in [0.05, 0.1) is 4.88 Å². The van der Waals surface area contributed by atoms with Gasteiger partial charge in [0.15, 0.2) is 0 Å². The molecule has 1 aliphatic carbocycles. The highest BCUT2D eigenvalue weighted by Gasteiger charge is 2.18. The van der Waals surface area contributed by atoms with Crippen molar-refractivity contribution in [2.24, 2.45) is 5.92 Å². The van der Waals surface area contributed by atoms with Gasteiger partial charge in [0.2, 0.25) is 0 Å². The van der Waals surface area contributed by atoms with E-state index in [0.717, 1.165) is 22.9 Å². The molecule has 0 saturated heterocycles. The average molecular weight is 209 g/mol. The van der Waals surface area contributed by atoms with Gasteiger partial charge in [-0.25, -0.2) is 0 Å². The molecule has 0 unspecified atom stereocenters. The van der Waals surface area contributed by atoms with E-state index in [1.54, 1.807) is 0 Å². The summed E-state index contributed by atoms with van der Waals surface area (Å²) >= 11 is 1.52. The molecule has 1 aromatic rings. The van der Waals surface area contributed by atoms with Crippen LogP contribution in [-0.2, 0) is 0 Å². The number of nitrogens with one attached hydrogen (secondary N) is 1. The van der Waals surface area contributed by atoms with Crippen molar-refractivity contribution in [1.29, 1.82) is 0 Å². The highest BCUT2D eigenvalue weighted by atomic mass is 32.1. The second-order valence-corrected chi connectivity index (χ2v) is 4.86. The molecule has 2 rings (SSSR count). The Morgan fingerprint density at radius 3 is 2.93 bits per heavy atom. The normalized spacial score (nSPS) is 16.4. The standard InChI is InChI=1S/C11H15NOS/c1-8-5-6-14-10(8)11(13)12-7-9-3-2-4-9/h5-6,9H,2-4,7H2,1H3,(H,12,13). The highest BCUT2D eigenvalue weighted by molar-refractivity contribution is 7.12. The maximum absolute atomic E-state index is 11.7. The molecule has 1 aromatic heterocycles. The third-order valence-corrected chi connectivity index (χ3v) is 3.86. The van der Waals surface area contributed by atoms with Crippen molar-refractivity contribution in [1.82, 2.24) is 5.32 Å². The number of aryl methyl sites for hydroxylation is 1. The first kappa shape index (κ1) is 9.71. The van der Waals surface area contributed by atoms with Crippen LogP contribution in [0.15, 0.2) is 11.4 Å². The van der Waals surface area contributed by atoms with E-state index < -0.39 is 0 Å². The highest BCUT2D eigenvalue weighted by Crippen LogP contribution is 2.25. The van der Waals surface area contributed by atoms with Crippen LogP contribution in [0.3, 0.4) is 0 Å². The minimum Gasteiger partial charge on any atom is -0.351 e. The molecule has 1 amide bonds.